The van der Waals surface area contributed by atoms with Crippen LogP contribution in [0, 0.1) is 23.7 Å². The Balaban J connectivity index is 1.68. The summed E-state index contributed by atoms with van der Waals surface area (Å²) in [6.07, 6.45) is 5.26. The van der Waals surface area contributed by atoms with E-state index in [0.29, 0.717) is 42.9 Å². The summed E-state index contributed by atoms with van der Waals surface area (Å²) in [5.41, 5.74) is 0.783. The molecule has 3 rings (SSSR count). The molecule has 1 unspecified atom stereocenters. The van der Waals surface area contributed by atoms with Crippen molar-refractivity contribution in [2.75, 3.05) is 47.1 Å². The lowest BCUT2D eigenvalue weighted by molar-refractivity contribution is 0.0282. The average molecular weight is 519 g/mol. The summed E-state index contributed by atoms with van der Waals surface area (Å²) in [7, 11) is 3.39. The highest BCUT2D eigenvalue weighted by Crippen LogP contribution is 2.36. The third kappa shape index (κ3) is 9.68. The van der Waals surface area contributed by atoms with E-state index in [9.17, 15) is 4.79 Å². The third-order valence-corrected chi connectivity index (χ3v) is 7.50. The summed E-state index contributed by atoms with van der Waals surface area (Å²) in [5, 5.41) is 3.72. The van der Waals surface area contributed by atoms with Crippen LogP contribution in [-0.2, 0) is 15.9 Å². The van der Waals surface area contributed by atoms with E-state index in [-0.39, 0.29) is 6.09 Å². The Labute approximate surface area is 224 Å². The molecule has 0 bridgehead atoms. The largest absolute Gasteiger partial charge is 0.493 e. The lowest BCUT2D eigenvalue weighted by atomic mass is 9.79. The molecular formula is C30H50N2O5. The van der Waals surface area contributed by atoms with Crippen LogP contribution in [0.15, 0.2) is 18.2 Å². The molecule has 1 N–H and O–H groups in total. The van der Waals surface area contributed by atoms with Crippen molar-refractivity contribution in [3.63, 3.8) is 0 Å². The van der Waals surface area contributed by atoms with Crippen LogP contribution >= 0.6 is 0 Å². The number of methoxy groups -OCH3 is 2. The van der Waals surface area contributed by atoms with Crippen LogP contribution in [0.25, 0.3) is 0 Å². The number of ether oxygens (including phenoxy) is 4. The van der Waals surface area contributed by atoms with Gasteiger partial charge in [0.05, 0.1) is 13.7 Å². The number of benzene rings is 1. The highest BCUT2D eigenvalue weighted by Gasteiger charge is 2.39. The Morgan fingerprint density at radius 3 is 2.43 bits per heavy atom. The predicted octanol–water partition coefficient (Wildman–Crippen LogP) is 5.55. The Kier molecular flexibility index (Phi) is 10.9. The first-order valence-corrected chi connectivity index (χ1v) is 14.1. The van der Waals surface area contributed by atoms with Crippen molar-refractivity contribution >= 4 is 6.09 Å². The maximum Gasteiger partial charge on any atom is 0.410 e. The average Bonchev–Trinajstić information content (AvgIpc) is 3.58. The highest BCUT2D eigenvalue weighted by atomic mass is 16.6. The van der Waals surface area contributed by atoms with Crippen LogP contribution < -0.4 is 14.8 Å². The standard InChI is InChI=1S/C30H50N2O5/c1-21(2)23(15-22-9-12-27(35-7)28(16-22)36-14-8-13-34-6)17-24-19-32(29(33)37-30(3,4)5)20-25(24)18-31-26-10-11-26/h9,12,16,21,23-26,31H,8,10-11,13-15,17-20H2,1-7H3/t23?,24-,25-/m0/s1. The number of hydrogen-bond donors (Lipinski definition) is 1. The van der Waals surface area contributed by atoms with E-state index in [1.54, 1.807) is 14.2 Å². The van der Waals surface area contributed by atoms with Gasteiger partial charge in [-0.25, -0.2) is 4.79 Å². The van der Waals surface area contributed by atoms with Gasteiger partial charge in [0.2, 0.25) is 0 Å². The molecule has 7 nitrogen and oxygen atoms in total. The monoisotopic (exact) mass is 518 g/mol. The fourth-order valence-electron chi connectivity index (χ4n) is 5.15. The van der Waals surface area contributed by atoms with Gasteiger partial charge in [0.1, 0.15) is 5.60 Å². The number of rotatable bonds is 14. The first-order chi connectivity index (χ1) is 17.6. The number of nitrogens with zero attached hydrogens (tertiary/aromatic N) is 1. The molecule has 0 radical (unpaired) electrons. The zero-order chi connectivity index (χ0) is 27.0. The summed E-state index contributed by atoms with van der Waals surface area (Å²) in [6.45, 7) is 14.2. The molecule has 0 spiro atoms. The van der Waals surface area contributed by atoms with Crippen LogP contribution in [0.2, 0.25) is 0 Å². The number of nitrogens with one attached hydrogen (secondary N) is 1. The smallest absolute Gasteiger partial charge is 0.410 e. The van der Waals surface area contributed by atoms with Gasteiger partial charge < -0.3 is 29.2 Å². The molecule has 2 fully saturated rings. The molecule has 1 amide bonds. The molecule has 37 heavy (non-hydrogen) atoms. The van der Waals surface area contributed by atoms with E-state index in [2.05, 4.69) is 31.3 Å². The van der Waals surface area contributed by atoms with Gasteiger partial charge in [0.25, 0.3) is 0 Å². The van der Waals surface area contributed by atoms with Crippen molar-refractivity contribution in [1.29, 1.82) is 0 Å². The Hall–Kier alpha value is -1.99. The summed E-state index contributed by atoms with van der Waals surface area (Å²) in [6, 6.07) is 6.97. The van der Waals surface area contributed by atoms with Crippen molar-refractivity contribution < 1.29 is 23.7 Å². The van der Waals surface area contributed by atoms with Crippen LogP contribution in [0.3, 0.4) is 0 Å². The van der Waals surface area contributed by atoms with Gasteiger partial charge in [0.15, 0.2) is 11.5 Å². The van der Waals surface area contributed by atoms with Gasteiger partial charge in [-0.15, -0.1) is 0 Å². The molecule has 2 aliphatic rings. The van der Waals surface area contributed by atoms with E-state index in [4.69, 9.17) is 18.9 Å². The minimum Gasteiger partial charge on any atom is -0.493 e. The zero-order valence-electron chi connectivity index (χ0n) is 24.2. The Morgan fingerprint density at radius 1 is 1.08 bits per heavy atom. The molecule has 1 aliphatic carbocycles. The quantitative estimate of drug-likeness (QED) is 0.326. The van der Waals surface area contributed by atoms with Crippen LogP contribution in [0.5, 0.6) is 11.5 Å². The van der Waals surface area contributed by atoms with Gasteiger partial charge in [-0.05, 0) is 87.8 Å². The molecule has 1 saturated carbocycles. The van der Waals surface area contributed by atoms with Crippen molar-refractivity contribution in [3.05, 3.63) is 23.8 Å². The summed E-state index contributed by atoms with van der Waals surface area (Å²) in [4.78, 5) is 14.8. The molecule has 0 aromatic heterocycles. The highest BCUT2D eigenvalue weighted by molar-refractivity contribution is 5.68. The maximum absolute atomic E-state index is 12.9. The van der Waals surface area contributed by atoms with Gasteiger partial charge in [0, 0.05) is 45.8 Å². The minimum atomic E-state index is -0.477. The normalized spacial score (nSPS) is 20.8. The summed E-state index contributed by atoms with van der Waals surface area (Å²) >= 11 is 0. The van der Waals surface area contributed by atoms with Crippen molar-refractivity contribution in [1.82, 2.24) is 10.2 Å². The summed E-state index contributed by atoms with van der Waals surface area (Å²) < 4.78 is 22.4. The van der Waals surface area contributed by atoms with Gasteiger partial charge >= 0.3 is 6.09 Å². The van der Waals surface area contributed by atoms with Crippen LogP contribution in [-0.4, -0.2) is 69.7 Å². The van der Waals surface area contributed by atoms with E-state index < -0.39 is 5.60 Å². The fourth-order valence-corrected chi connectivity index (χ4v) is 5.15. The molecule has 210 valence electrons. The van der Waals surface area contributed by atoms with Crippen molar-refractivity contribution in [2.45, 2.75) is 78.4 Å². The molecule has 1 aromatic carbocycles. The van der Waals surface area contributed by atoms with Gasteiger partial charge in [-0.2, -0.15) is 0 Å². The zero-order valence-corrected chi connectivity index (χ0v) is 24.2. The first kappa shape index (κ1) is 29.6. The third-order valence-electron chi connectivity index (χ3n) is 7.50. The number of hydrogen-bond acceptors (Lipinski definition) is 6. The Morgan fingerprint density at radius 2 is 1.81 bits per heavy atom. The number of amides is 1. The second-order valence-electron chi connectivity index (χ2n) is 12.2. The van der Waals surface area contributed by atoms with Gasteiger partial charge in [-0.1, -0.05) is 19.9 Å². The second kappa shape index (κ2) is 13.7. The van der Waals surface area contributed by atoms with Crippen LogP contribution in [0.4, 0.5) is 4.79 Å². The predicted molar refractivity (Wildman–Crippen MR) is 147 cm³/mol. The molecule has 1 saturated heterocycles. The molecule has 1 aliphatic heterocycles. The topological polar surface area (TPSA) is 69.3 Å². The SMILES string of the molecule is COCCCOc1cc(CC(C[C@H]2CN(C(=O)OC(C)(C)C)C[C@@H]2CNC2CC2)C(C)C)ccc1OC. The number of carbonyl (C=O) groups is 1. The number of carbonyl (C=O) groups excluding carboxylic acids is 1. The fraction of sp³-hybridized carbons (Fsp3) is 0.767. The van der Waals surface area contributed by atoms with Crippen LogP contribution in [0.1, 0.15) is 65.9 Å². The molecule has 7 heteroatoms. The lowest BCUT2D eigenvalue weighted by Gasteiger charge is -2.28. The number of likely N-dealkylation sites (tertiary alicyclic amines) is 1. The van der Waals surface area contributed by atoms with E-state index in [1.165, 1.54) is 18.4 Å². The maximum atomic E-state index is 12.9. The molecular weight excluding hydrogens is 468 g/mol. The molecule has 1 heterocycles. The second-order valence-corrected chi connectivity index (χ2v) is 12.2. The van der Waals surface area contributed by atoms with E-state index in [0.717, 1.165) is 50.4 Å². The van der Waals surface area contributed by atoms with Gasteiger partial charge in [-0.3, -0.25) is 0 Å². The Bertz CT molecular complexity index is 849. The van der Waals surface area contributed by atoms with E-state index in [1.807, 2.05) is 31.7 Å². The molecule has 1 aromatic rings. The van der Waals surface area contributed by atoms with Crippen molar-refractivity contribution in [3.8, 4) is 11.5 Å². The molecule has 3 atom stereocenters. The first-order valence-electron chi connectivity index (χ1n) is 14.1. The van der Waals surface area contributed by atoms with E-state index >= 15 is 0 Å². The minimum absolute atomic E-state index is 0.182. The lowest BCUT2D eigenvalue weighted by Crippen LogP contribution is -2.36. The van der Waals surface area contributed by atoms with Crippen molar-refractivity contribution in [2.24, 2.45) is 23.7 Å². The summed E-state index contributed by atoms with van der Waals surface area (Å²) in [5.74, 6) is 3.49.